The maximum absolute atomic E-state index is 5.81. The third kappa shape index (κ3) is 4.09. The molecule has 0 spiro atoms. The number of hydrogen-bond acceptors (Lipinski definition) is 3. The van der Waals surface area contributed by atoms with Gasteiger partial charge in [0.1, 0.15) is 6.79 Å². The van der Waals surface area contributed by atoms with E-state index >= 15 is 0 Å². The molecule has 1 aromatic rings. The molecule has 0 amide bonds. The van der Waals surface area contributed by atoms with Crippen molar-refractivity contribution in [1.82, 2.24) is 0 Å². The highest BCUT2D eigenvalue weighted by atomic mass is 16.7. The monoisotopic (exact) mass is 249 g/mol. The SMILES string of the molecule is NCC1CCCCC1OCOCc1ccccc1. The highest BCUT2D eigenvalue weighted by Crippen LogP contribution is 2.25. The van der Waals surface area contributed by atoms with Crippen LogP contribution in [0.5, 0.6) is 0 Å². The minimum atomic E-state index is 0.291. The van der Waals surface area contributed by atoms with Crippen molar-refractivity contribution in [3.8, 4) is 0 Å². The summed E-state index contributed by atoms with van der Waals surface area (Å²) in [6, 6.07) is 10.2. The van der Waals surface area contributed by atoms with Crippen LogP contribution in [0.25, 0.3) is 0 Å². The van der Waals surface area contributed by atoms with Crippen LogP contribution >= 0.6 is 0 Å². The molecule has 1 aromatic carbocycles. The Balaban J connectivity index is 1.65. The van der Waals surface area contributed by atoms with Gasteiger partial charge in [-0.2, -0.15) is 0 Å². The Kier molecular flexibility index (Phi) is 5.65. The van der Waals surface area contributed by atoms with Gasteiger partial charge < -0.3 is 15.2 Å². The molecule has 2 N–H and O–H groups in total. The molecule has 0 saturated heterocycles. The number of benzene rings is 1. The number of hydrogen-bond donors (Lipinski definition) is 1. The van der Waals surface area contributed by atoms with Crippen LogP contribution in [-0.4, -0.2) is 19.4 Å². The van der Waals surface area contributed by atoms with Crippen LogP contribution in [0.15, 0.2) is 30.3 Å². The van der Waals surface area contributed by atoms with E-state index in [0.717, 1.165) is 13.0 Å². The van der Waals surface area contributed by atoms with Crippen molar-refractivity contribution in [2.24, 2.45) is 11.7 Å². The Morgan fingerprint density at radius 1 is 1.11 bits per heavy atom. The van der Waals surface area contributed by atoms with E-state index in [1.165, 1.54) is 24.8 Å². The van der Waals surface area contributed by atoms with Gasteiger partial charge in [0.15, 0.2) is 0 Å². The van der Waals surface area contributed by atoms with Crippen molar-refractivity contribution >= 4 is 0 Å². The normalized spacial score (nSPS) is 24.1. The molecule has 2 unspecified atom stereocenters. The summed E-state index contributed by atoms with van der Waals surface area (Å²) in [5, 5.41) is 0. The first-order chi connectivity index (χ1) is 8.90. The van der Waals surface area contributed by atoms with Gasteiger partial charge in [0.25, 0.3) is 0 Å². The summed E-state index contributed by atoms with van der Waals surface area (Å²) in [5.74, 6) is 0.513. The molecule has 1 saturated carbocycles. The first-order valence-electron chi connectivity index (χ1n) is 6.83. The molecule has 0 aliphatic heterocycles. The van der Waals surface area contributed by atoms with Gasteiger partial charge in [-0.3, -0.25) is 0 Å². The average Bonchev–Trinajstić information content (AvgIpc) is 2.45. The van der Waals surface area contributed by atoms with Crippen LogP contribution in [0.1, 0.15) is 31.2 Å². The summed E-state index contributed by atoms with van der Waals surface area (Å²) in [6.07, 6.45) is 5.14. The summed E-state index contributed by atoms with van der Waals surface area (Å²) < 4.78 is 11.4. The van der Waals surface area contributed by atoms with Crippen LogP contribution in [0.3, 0.4) is 0 Å². The summed E-state index contributed by atoms with van der Waals surface area (Å²) >= 11 is 0. The molecule has 1 fully saturated rings. The smallest absolute Gasteiger partial charge is 0.147 e. The highest BCUT2D eigenvalue weighted by molar-refractivity contribution is 5.13. The molecule has 18 heavy (non-hydrogen) atoms. The Labute approximate surface area is 109 Å². The lowest BCUT2D eigenvalue weighted by atomic mass is 9.86. The van der Waals surface area contributed by atoms with Crippen LogP contribution in [-0.2, 0) is 16.1 Å². The van der Waals surface area contributed by atoms with E-state index < -0.39 is 0 Å². The van der Waals surface area contributed by atoms with E-state index in [9.17, 15) is 0 Å². The van der Waals surface area contributed by atoms with Gasteiger partial charge in [-0.25, -0.2) is 0 Å². The van der Waals surface area contributed by atoms with Crippen LogP contribution in [0, 0.1) is 5.92 Å². The fourth-order valence-corrected chi connectivity index (χ4v) is 2.53. The second-order valence-electron chi connectivity index (χ2n) is 4.94. The molecule has 0 bridgehead atoms. The largest absolute Gasteiger partial charge is 0.352 e. The third-order valence-corrected chi connectivity index (χ3v) is 3.62. The van der Waals surface area contributed by atoms with E-state index in [2.05, 4.69) is 12.1 Å². The van der Waals surface area contributed by atoms with E-state index in [1.807, 2.05) is 18.2 Å². The second kappa shape index (κ2) is 7.52. The van der Waals surface area contributed by atoms with E-state index in [1.54, 1.807) is 0 Å². The van der Waals surface area contributed by atoms with Gasteiger partial charge in [-0.1, -0.05) is 43.2 Å². The summed E-state index contributed by atoms with van der Waals surface area (Å²) in [6.45, 7) is 1.71. The van der Waals surface area contributed by atoms with E-state index in [0.29, 0.717) is 25.4 Å². The predicted molar refractivity (Wildman–Crippen MR) is 72.0 cm³/mol. The molecule has 0 heterocycles. The summed E-state index contributed by atoms with van der Waals surface area (Å²) in [4.78, 5) is 0. The molecular formula is C15H23NO2. The summed E-state index contributed by atoms with van der Waals surface area (Å²) in [7, 11) is 0. The zero-order valence-corrected chi connectivity index (χ0v) is 10.9. The molecule has 2 rings (SSSR count). The van der Waals surface area contributed by atoms with Gasteiger partial charge in [-0.15, -0.1) is 0 Å². The Morgan fingerprint density at radius 2 is 1.89 bits per heavy atom. The van der Waals surface area contributed by atoms with Crippen molar-refractivity contribution in [3.05, 3.63) is 35.9 Å². The number of nitrogens with two attached hydrogens (primary N) is 1. The van der Waals surface area contributed by atoms with Gasteiger partial charge in [0, 0.05) is 0 Å². The molecule has 3 nitrogen and oxygen atoms in total. The molecule has 3 heteroatoms. The maximum atomic E-state index is 5.81. The Hall–Kier alpha value is -0.900. The van der Waals surface area contributed by atoms with Crippen LogP contribution < -0.4 is 5.73 Å². The zero-order valence-electron chi connectivity index (χ0n) is 10.9. The molecule has 0 aromatic heterocycles. The molecule has 0 radical (unpaired) electrons. The van der Waals surface area contributed by atoms with Crippen molar-refractivity contribution in [2.75, 3.05) is 13.3 Å². The lowest BCUT2D eigenvalue weighted by Crippen LogP contribution is -2.33. The summed E-state index contributed by atoms with van der Waals surface area (Å²) in [5.41, 5.74) is 6.95. The minimum Gasteiger partial charge on any atom is -0.352 e. The first-order valence-corrected chi connectivity index (χ1v) is 6.83. The van der Waals surface area contributed by atoms with Crippen molar-refractivity contribution in [1.29, 1.82) is 0 Å². The fraction of sp³-hybridized carbons (Fsp3) is 0.600. The van der Waals surface area contributed by atoms with E-state index in [-0.39, 0.29) is 0 Å². The molecule has 1 aliphatic rings. The standard InChI is InChI=1S/C15H23NO2/c16-10-14-8-4-5-9-15(14)18-12-17-11-13-6-2-1-3-7-13/h1-3,6-7,14-15H,4-5,8-12,16H2. The van der Waals surface area contributed by atoms with Crippen LogP contribution in [0.2, 0.25) is 0 Å². The quantitative estimate of drug-likeness (QED) is 0.622. The maximum Gasteiger partial charge on any atom is 0.147 e. The average molecular weight is 249 g/mol. The van der Waals surface area contributed by atoms with E-state index in [4.69, 9.17) is 15.2 Å². The number of rotatable bonds is 6. The Morgan fingerprint density at radius 3 is 2.67 bits per heavy atom. The van der Waals surface area contributed by atoms with Gasteiger partial charge in [0.2, 0.25) is 0 Å². The van der Waals surface area contributed by atoms with Crippen molar-refractivity contribution < 1.29 is 9.47 Å². The zero-order chi connectivity index (χ0) is 12.6. The first kappa shape index (κ1) is 13.5. The minimum absolute atomic E-state index is 0.291. The van der Waals surface area contributed by atoms with Gasteiger partial charge in [-0.05, 0) is 30.9 Å². The fourth-order valence-electron chi connectivity index (χ4n) is 2.53. The topological polar surface area (TPSA) is 44.5 Å². The van der Waals surface area contributed by atoms with Gasteiger partial charge >= 0.3 is 0 Å². The van der Waals surface area contributed by atoms with Crippen LogP contribution in [0.4, 0.5) is 0 Å². The lowest BCUT2D eigenvalue weighted by molar-refractivity contribution is -0.120. The highest BCUT2D eigenvalue weighted by Gasteiger charge is 2.24. The molecule has 100 valence electrons. The van der Waals surface area contributed by atoms with Gasteiger partial charge in [0.05, 0.1) is 12.7 Å². The lowest BCUT2D eigenvalue weighted by Gasteiger charge is -2.30. The molecular weight excluding hydrogens is 226 g/mol. The predicted octanol–water partition coefficient (Wildman–Crippen LogP) is 2.69. The Bertz CT molecular complexity index is 329. The van der Waals surface area contributed by atoms with Crippen molar-refractivity contribution in [2.45, 2.75) is 38.4 Å². The third-order valence-electron chi connectivity index (χ3n) is 3.62. The number of ether oxygens (including phenoxy) is 2. The molecule has 1 aliphatic carbocycles. The second-order valence-corrected chi connectivity index (χ2v) is 4.94. The molecule has 2 atom stereocenters. The van der Waals surface area contributed by atoms with Crippen molar-refractivity contribution in [3.63, 3.8) is 0 Å².